The van der Waals surface area contributed by atoms with E-state index in [0.717, 1.165) is 12.8 Å². The summed E-state index contributed by atoms with van der Waals surface area (Å²) in [5.41, 5.74) is 0. The minimum atomic E-state index is -0.939. The third-order valence-electron chi connectivity index (χ3n) is 3.91. The summed E-state index contributed by atoms with van der Waals surface area (Å²) < 4.78 is 0. The van der Waals surface area contributed by atoms with Crippen LogP contribution in [0.25, 0.3) is 0 Å². The van der Waals surface area contributed by atoms with E-state index in [1.807, 2.05) is 0 Å². The number of rotatable bonds is 4. The van der Waals surface area contributed by atoms with E-state index >= 15 is 0 Å². The van der Waals surface area contributed by atoms with E-state index in [0.29, 0.717) is 12.8 Å². The van der Waals surface area contributed by atoms with Crippen LogP contribution in [0.1, 0.15) is 32.6 Å². The number of imide groups is 1. The van der Waals surface area contributed by atoms with E-state index in [1.54, 1.807) is 6.92 Å². The molecule has 2 bridgehead atoms. The van der Waals surface area contributed by atoms with Gasteiger partial charge in [-0.1, -0.05) is 6.92 Å². The van der Waals surface area contributed by atoms with Crippen molar-refractivity contribution in [1.29, 1.82) is 0 Å². The van der Waals surface area contributed by atoms with Gasteiger partial charge >= 0.3 is 5.97 Å². The summed E-state index contributed by atoms with van der Waals surface area (Å²) in [6.45, 7) is 1.79. The zero-order chi connectivity index (χ0) is 12.6. The lowest BCUT2D eigenvalue weighted by Crippen LogP contribution is -2.49. The van der Waals surface area contributed by atoms with Gasteiger partial charge in [0, 0.05) is 18.4 Å². The lowest BCUT2D eigenvalue weighted by molar-refractivity contribution is -0.155. The molecule has 1 saturated carbocycles. The Morgan fingerprint density at radius 3 is 2.29 bits per heavy atom. The molecule has 2 rings (SSSR count). The van der Waals surface area contributed by atoms with Crippen LogP contribution in [0.2, 0.25) is 0 Å². The average Bonchev–Trinajstić information content (AvgIpc) is 2.73. The lowest BCUT2D eigenvalue weighted by atomic mass is 9.95. The highest BCUT2D eigenvalue weighted by Crippen LogP contribution is 2.38. The molecular weight excluding hydrogens is 222 g/mol. The van der Waals surface area contributed by atoms with Crippen LogP contribution < -0.4 is 0 Å². The Hall–Kier alpha value is -1.39. The molecule has 1 N–H and O–H groups in total. The van der Waals surface area contributed by atoms with Gasteiger partial charge in [-0.15, -0.1) is 0 Å². The maximum Gasteiger partial charge on any atom is 0.308 e. The lowest BCUT2D eigenvalue weighted by Gasteiger charge is -2.31. The zero-order valence-electron chi connectivity index (χ0n) is 9.89. The molecular formula is C12H17NO4. The first-order valence-electron chi connectivity index (χ1n) is 6.12. The van der Waals surface area contributed by atoms with Crippen LogP contribution in [0.15, 0.2) is 0 Å². The van der Waals surface area contributed by atoms with Crippen molar-refractivity contribution in [2.24, 2.45) is 17.8 Å². The molecule has 0 spiro atoms. The van der Waals surface area contributed by atoms with Crippen molar-refractivity contribution in [2.75, 3.05) is 6.54 Å². The quantitative estimate of drug-likeness (QED) is 0.739. The predicted molar refractivity (Wildman–Crippen MR) is 59.0 cm³/mol. The highest BCUT2D eigenvalue weighted by Gasteiger charge is 2.45. The summed E-state index contributed by atoms with van der Waals surface area (Å²) >= 11 is 0. The molecule has 3 unspecified atom stereocenters. The second kappa shape index (κ2) is 4.47. The number of fused-ring (bicyclic) bond motifs is 2. The number of carbonyl (C=O) groups is 3. The van der Waals surface area contributed by atoms with Crippen molar-refractivity contribution in [3.63, 3.8) is 0 Å². The third-order valence-corrected chi connectivity index (χ3v) is 3.91. The van der Waals surface area contributed by atoms with Gasteiger partial charge in [0.05, 0.1) is 5.92 Å². The average molecular weight is 239 g/mol. The maximum atomic E-state index is 12.0. The van der Waals surface area contributed by atoms with Crippen LogP contribution in [0.4, 0.5) is 0 Å². The summed E-state index contributed by atoms with van der Waals surface area (Å²) in [5, 5.41) is 8.97. The van der Waals surface area contributed by atoms with E-state index < -0.39 is 11.9 Å². The minimum absolute atomic E-state index is 0.0382. The molecule has 2 fully saturated rings. The van der Waals surface area contributed by atoms with E-state index in [9.17, 15) is 14.4 Å². The first-order chi connectivity index (χ1) is 8.04. The normalized spacial score (nSPS) is 29.6. The Bertz CT molecular complexity index is 344. The maximum absolute atomic E-state index is 12.0. The summed E-state index contributed by atoms with van der Waals surface area (Å²) in [6.07, 6.45) is 2.64. The standard InChI is InChI=1S/C12H17NO4/c1-2-7(12(16)17)6-13-10(14)8-3-4-9(5-8)11(13)15/h7-9H,2-6H2,1H3,(H,16,17). The molecule has 1 heterocycles. The van der Waals surface area contributed by atoms with Gasteiger partial charge in [-0.05, 0) is 25.7 Å². The van der Waals surface area contributed by atoms with Crippen LogP contribution >= 0.6 is 0 Å². The van der Waals surface area contributed by atoms with Crippen LogP contribution in [0, 0.1) is 17.8 Å². The monoisotopic (exact) mass is 239 g/mol. The number of carbonyl (C=O) groups excluding carboxylic acids is 2. The van der Waals surface area contributed by atoms with Crippen LogP contribution in [0.5, 0.6) is 0 Å². The van der Waals surface area contributed by atoms with E-state index in [1.165, 1.54) is 4.90 Å². The molecule has 5 heteroatoms. The summed E-state index contributed by atoms with van der Waals surface area (Å²) in [4.78, 5) is 36.1. The number of aliphatic carboxylic acids is 1. The Balaban J connectivity index is 2.12. The van der Waals surface area contributed by atoms with Gasteiger partial charge in [0.1, 0.15) is 0 Å². The van der Waals surface area contributed by atoms with Crippen molar-refractivity contribution >= 4 is 17.8 Å². The molecule has 1 saturated heterocycles. The number of likely N-dealkylation sites (tertiary alicyclic amines) is 1. The Kier molecular flexibility index (Phi) is 3.17. The second-order valence-corrected chi connectivity index (χ2v) is 4.94. The summed E-state index contributed by atoms with van der Waals surface area (Å²) in [7, 11) is 0. The zero-order valence-corrected chi connectivity index (χ0v) is 9.89. The fourth-order valence-corrected chi connectivity index (χ4v) is 2.76. The predicted octanol–water partition coefficient (Wildman–Crippen LogP) is 0.882. The van der Waals surface area contributed by atoms with Gasteiger partial charge in [-0.25, -0.2) is 0 Å². The molecule has 1 aliphatic heterocycles. The molecule has 0 aromatic rings. The van der Waals surface area contributed by atoms with E-state index in [2.05, 4.69) is 0 Å². The minimum Gasteiger partial charge on any atom is -0.481 e. The van der Waals surface area contributed by atoms with Crippen LogP contribution in [0.3, 0.4) is 0 Å². The highest BCUT2D eigenvalue weighted by molar-refractivity contribution is 6.01. The smallest absolute Gasteiger partial charge is 0.308 e. The van der Waals surface area contributed by atoms with Gasteiger partial charge in [0.15, 0.2) is 0 Å². The third kappa shape index (κ3) is 2.06. The number of nitrogens with zero attached hydrogens (tertiary/aromatic N) is 1. The van der Waals surface area contributed by atoms with Crippen LogP contribution in [-0.4, -0.2) is 34.3 Å². The first-order valence-corrected chi connectivity index (χ1v) is 6.12. The van der Waals surface area contributed by atoms with Crippen molar-refractivity contribution in [3.05, 3.63) is 0 Å². The largest absolute Gasteiger partial charge is 0.481 e. The molecule has 2 aliphatic rings. The van der Waals surface area contributed by atoms with Gasteiger partial charge in [0.25, 0.3) is 0 Å². The molecule has 0 radical (unpaired) electrons. The Morgan fingerprint density at radius 1 is 1.35 bits per heavy atom. The fourth-order valence-electron chi connectivity index (χ4n) is 2.76. The van der Waals surface area contributed by atoms with Crippen molar-refractivity contribution in [2.45, 2.75) is 32.6 Å². The molecule has 3 atom stereocenters. The molecule has 17 heavy (non-hydrogen) atoms. The second-order valence-electron chi connectivity index (χ2n) is 4.94. The number of carboxylic acid groups (broad SMARTS) is 1. The summed E-state index contributed by atoms with van der Waals surface area (Å²) in [6, 6.07) is 0. The molecule has 1 aliphatic carbocycles. The van der Waals surface area contributed by atoms with Crippen molar-refractivity contribution in [1.82, 2.24) is 4.90 Å². The highest BCUT2D eigenvalue weighted by atomic mass is 16.4. The summed E-state index contributed by atoms with van der Waals surface area (Å²) in [5.74, 6) is -2.01. The van der Waals surface area contributed by atoms with Gasteiger partial charge in [0.2, 0.25) is 11.8 Å². The molecule has 0 aromatic carbocycles. The van der Waals surface area contributed by atoms with Gasteiger partial charge in [-0.3, -0.25) is 19.3 Å². The van der Waals surface area contributed by atoms with Gasteiger partial charge < -0.3 is 5.11 Å². The Labute approximate surface area is 99.8 Å². The molecule has 2 amide bonds. The topological polar surface area (TPSA) is 74.7 Å². The molecule has 0 aromatic heterocycles. The van der Waals surface area contributed by atoms with Gasteiger partial charge in [-0.2, -0.15) is 0 Å². The number of carboxylic acids is 1. The fraction of sp³-hybridized carbons (Fsp3) is 0.750. The molecule has 5 nitrogen and oxygen atoms in total. The number of amides is 2. The number of hydrogen-bond acceptors (Lipinski definition) is 3. The number of piperidine rings is 1. The first kappa shape index (κ1) is 12.1. The van der Waals surface area contributed by atoms with Crippen molar-refractivity contribution < 1.29 is 19.5 Å². The Morgan fingerprint density at radius 2 is 1.88 bits per heavy atom. The van der Waals surface area contributed by atoms with E-state index in [4.69, 9.17) is 5.11 Å². The van der Waals surface area contributed by atoms with Crippen molar-refractivity contribution in [3.8, 4) is 0 Å². The van der Waals surface area contributed by atoms with Crippen LogP contribution in [-0.2, 0) is 14.4 Å². The number of hydrogen-bond donors (Lipinski definition) is 1. The molecule has 94 valence electrons. The van der Waals surface area contributed by atoms with E-state index in [-0.39, 0.29) is 30.2 Å². The SMILES string of the molecule is CCC(CN1C(=O)C2CCC(C2)C1=O)C(=O)O.